The number of nitrogens with one attached hydrogen (secondary N) is 1. The van der Waals surface area contributed by atoms with Gasteiger partial charge in [0.2, 0.25) is 5.91 Å². The maximum Gasteiger partial charge on any atom is 0.224 e. The van der Waals surface area contributed by atoms with E-state index >= 15 is 0 Å². The van der Waals surface area contributed by atoms with Gasteiger partial charge in [0.05, 0.1) is 17.1 Å². The van der Waals surface area contributed by atoms with Crippen LogP contribution in [-0.2, 0) is 11.2 Å². The first-order valence-corrected chi connectivity index (χ1v) is 9.67. The van der Waals surface area contributed by atoms with E-state index in [1.807, 2.05) is 59.1 Å². The summed E-state index contributed by atoms with van der Waals surface area (Å²) in [7, 11) is 0. The topological polar surface area (TPSA) is 46.4 Å². The zero-order chi connectivity index (χ0) is 19.5. The van der Waals surface area contributed by atoms with E-state index in [9.17, 15) is 9.18 Å². The lowest BCUT2D eigenvalue weighted by molar-refractivity contribution is -0.116. The molecule has 0 spiro atoms. The van der Waals surface area contributed by atoms with Crippen molar-refractivity contribution in [2.45, 2.75) is 12.8 Å². The van der Waals surface area contributed by atoms with Crippen molar-refractivity contribution in [2.75, 3.05) is 5.32 Å². The fourth-order valence-corrected chi connectivity index (χ4v) is 3.48. The molecular weight excluding hydrogens is 421 g/mol. The maximum atomic E-state index is 14.0. The lowest BCUT2D eigenvalue weighted by atomic mass is 10.1. The first-order valence-electron chi connectivity index (χ1n) is 8.88. The lowest BCUT2D eigenvalue weighted by Gasteiger charge is -2.08. The normalized spacial score (nSPS) is 10.9. The summed E-state index contributed by atoms with van der Waals surface area (Å²) < 4.78 is 16.6. The van der Waals surface area contributed by atoms with Gasteiger partial charge < -0.3 is 9.72 Å². The number of benzene rings is 2. The van der Waals surface area contributed by atoms with Gasteiger partial charge in [0.25, 0.3) is 0 Å². The molecule has 28 heavy (non-hydrogen) atoms. The predicted molar refractivity (Wildman–Crippen MR) is 112 cm³/mol. The summed E-state index contributed by atoms with van der Waals surface area (Å²) in [5, 5.41) is 2.64. The lowest BCUT2D eigenvalue weighted by Crippen LogP contribution is -2.14. The summed E-state index contributed by atoms with van der Waals surface area (Å²) in [6.07, 6.45) is 2.65. The molecule has 0 saturated heterocycles. The van der Waals surface area contributed by atoms with Crippen LogP contribution in [0.3, 0.4) is 0 Å². The van der Waals surface area contributed by atoms with Gasteiger partial charge in [-0.05, 0) is 36.8 Å². The van der Waals surface area contributed by atoms with Crippen LogP contribution in [0.25, 0.3) is 16.9 Å². The van der Waals surface area contributed by atoms with E-state index in [2.05, 4.69) is 21.2 Å². The zero-order valence-electron chi connectivity index (χ0n) is 14.9. The Kier molecular flexibility index (Phi) is 5.21. The Balaban J connectivity index is 1.58. The molecular formula is C22H17BrFN3O. The van der Waals surface area contributed by atoms with E-state index in [-0.39, 0.29) is 18.0 Å². The summed E-state index contributed by atoms with van der Waals surface area (Å²) in [4.78, 5) is 17.1. The van der Waals surface area contributed by atoms with Crippen LogP contribution < -0.4 is 5.32 Å². The molecule has 4 aromatic rings. The highest BCUT2D eigenvalue weighted by atomic mass is 79.9. The third kappa shape index (κ3) is 3.82. The number of aromatic nitrogens is 2. The molecule has 0 aliphatic carbocycles. The minimum atomic E-state index is -0.470. The number of hydrogen-bond donors (Lipinski definition) is 1. The highest BCUT2D eigenvalue weighted by molar-refractivity contribution is 9.10. The summed E-state index contributed by atoms with van der Waals surface area (Å²) in [5.41, 5.74) is 3.81. The molecule has 4 rings (SSSR count). The van der Waals surface area contributed by atoms with Crippen LogP contribution in [0.4, 0.5) is 10.1 Å². The first-order chi connectivity index (χ1) is 13.6. The number of carbonyl (C=O) groups excluding carboxylic acids is 1. The fraction of sp³-hybridized carbons (Fsp3) is 0.0909. The van der Waals surface area contributed by atoms with Crippen LogP contribution in [-0.4, -0.2) is 15.3 Å². The molecule has 6 heteroatoms. The van der Waals surface area contributed by atoms with E-state index in [0.29, 0.717) is 10.9 Å². The molecule has 0 aliphatic heterocycles. The molecule has 0 radical (unpaired) electrons. The minimum Gasteiger partial charge on any atom is -0.324 e. The van der Waals surface area contributed by atoms with Gasteiger partial charge in [0.1, 0.15) is 11.5 Å². The molecule has 0 fully saturated rings. The molecule has 4 nitrogen and oxygen atoms in total. The molecule has 2 aromatic carbocycles. The highest BCUT2D eigenvalue weighted by Crippen LogP contribution is 2.26. The predicted octanol–water partition coefficient (Wildman–Crippen LogP) is 5.47. The molecule has 0 unspecified atom stereocenters. The van der Waals surface area contributed by atoms with Crippen molar-refractivity contribution >= 4 is 33.2 Å². The van der Waals surface area contributed by atoms with Crippen molar-refractivity contribution in [3.05, 3.63) is 88.9 Å². The van der Waals surface area contributed by atoms with Gasteiger partial charge in [0.15, 0.2) is 0 Å². The van der Waals surface area contributed by atoms with Gasteiger partial charge in [-0.1, -0.05) is 52.3 Å². The van der Waals surface area contributed by atoms with Crippen LogP contribution in [0, 0.1) is 5.82 Å². The van der Waals surface area contributed by atoms with E-state index < -0.39 is 5.82 Å². The van der Waals surface area contributed by atoms with E-state index in [1.165, 1.54) is 6.07 Å². The van der Waals surface area contributed by atoms with Crippen molar-refractivity contribution in [3.8, 4) is 11.3 Å². The molecule has 0 saturated carbocycles. The second-order valence-electron chi connectivity index (χ2n) is 6.37. The largest absolute Gasteiger partial charge is 0.324 e. The third-order valence-corrected chi connectivity index (χ3v) is 4.96. The Morgan fingerprint density at radius 2 is 1.86 bits per heavy atom. The van der Waals surface area contributed by atoms with Gasteiger partial charge in [-0.25, -0.2) is 9.37 Å². The van der Waals surface area contributed by atoms with Crippen molar-refractivity contribution in [1.82, 2.24) is 9.38 Å². The number of aryl methyl sites for hydroxylation is 1. The molecule has 0 bridgehead atoms. The summed E-state index contributed by atoms with van der Waals surface area (Å²) in [6.45, 7) is 0. The van der Waals surface area contributed by atoms with Crippen LogP contribution >= 0.6 is 15.9 Å². The number of pyridine rings is 1. The maximum absolute atomic E-state index is 14.0. The molecule has 1 amide bonds. The van der Waals surface area contributed by atoms with Crippen molar-refractivity contribution in [3.63, 3.8) is 0 Å². The smallest absolute Gasteiger partial charge is 0.224 e. The first kappa shape index (κ1) is 18.4. The summed E-state index contributed by atoms with van der Waals surface area (Å²) in [6, 6.07) is 20.3. The Morgan fingerprint density at radius 3 is 2.64 bits per heavy atom. The van der Waals surface area contributed by atoms with Crippen molar-refractivity contribution < 1.29 is 9.18 Å². The number of fused-ring (bicyclic) bond motifs is 1. The van der Waals surface area contributed by atoms with Crippen LogP contribution in [0.2, 0.25) is 0 Å². The number of nitrogens with zero attached hydrogens (tertiary/aromatic N) is 2. The average molecular weight is 438 g/mol. The van der Waals surface area contributed by atoms with E-state index in [0.717, 1.165) is 22.6 Å². The number of amides is 1. The highest BCUT2D eigenvalue weighted by Gasteiger charge is 2.15. The second-order valence-corrected chi connectivity index (χ2v) is 7.29. The monoisotopic (exact) mass is 437 g/mol. The van der Waals surface area contributed by atoms with Crippen LogP contribution in [0.1, 0.15) is 12.1 Å². The molecule has 140 valence electrons. The quantitative estimate of drug-likeness (QED) is 0.449. The van der Waals surface area contributed by atoms with Gasteiger partial charge in [0, 0.05) is 22.7 Å². The van der Waals surface area contributed by atoms with Crippen molar-refractivity contribution in [2.24, 2.45) is 0 Å². The fourth-order valence-electron chi connectivity index (χ4n) is 3.15. The number of anilines is 1. The Labute approximate surface area is 170 Å². The Hall–Kier alpha value is -2.99. The van der Waals surface area contributed by atoms with Gasteiger partial charge >= 0.3 is 0 Å². The standard InChI is InChI=1S/C22H17BrFN3O/c23-16-9-10-18(17(24)14-16)25-21(28)12-11-19-22(15-6-2-1-3-7-15)26-20-8-4-5-13-27(19)20/h1-10,13-14H,11-12H2,(H,25,28). The average Bonchev–Trinajstić information content (AvgIpc) is 3.08. The number of imidazole rings is 1. The zero-order valence-corrected chi connectivity index (χ0v) is 16.5. The molecule has 0 atom stereocenters. The number of hydrogen-bond acceptors (Lipinski definition) is 2. The molecule has 0 aliphatic rings. The number of rotatable bonds is 5. The SMILES string of the molecule is O=C(CCc1c(-c2ccccc2)nc2ccccn12)Nc1ccc(Br)cc1F. The second kappa shape index (κ2) is 7.94. The van der Waals surface area contributed by atoms with E-state index in [1.54, 1.807) is 12.1 Å². The molecule has 1 N–H and O–H groups in total. The van der Waals surface area contributed by atoms with Crippen molar-refractivity contribution in [1.29, 1.82) is 0 Å². The molecule has 2 heterocycles. The number of carbonyl (C=O) groups is 1. The summed E-state index contributed by atoms with van der Waals surface area (Å²) in [5.74, 6) is -0.714. The van der Waals surface area contributed by atoms with Crippen LogP contribution in [0.5, 0.6) is 0 Å². The summed E-state index contributed by atoms with van der Waals surface area (Å²) >= 11 is 3.21. The van der Waals surface area contributed by atoms with Gasteiger partial charge in [-0.15, -0.1) is 0 Å². The Morgan fingerprint density at radius 1 is 1.07 bits per heavy atom. The molecule has 2 aromatic heterocycles. The van der Waals surface area contributed by atoms with E-state index in [4.69, 9.17) is 4.98 Å². The minimum absolute atomic E-state index is 0.176. The Bertz CT molecular complexity index is 1140. The number of halogens is 2. The van der Waals surface area contributed by atoms with Crippen LogP contribution in [0.15, 0.2) is 77.4 Å². The third-order valence-electron chi connectivity index (χ3n) is 4.47. The van der Waals surface area contributed by atoms with Gasteiger partial charge in [-0.3, -0.25) is 4.79 Å². The van der Waals surface area contributed by atoms with Gasteiger partial charge in [-0.2, -0.15) is 0 Å².